The van der Waals surface area contributed by atoms with Gasteiger partial charge in [-0.2, -0.15) is 0 Å². The smallest absolute Gasteiger partial charge is 0.235 e. The zero-order valence-electron chi connectivity index (χ0n) is 15.3. The minimum absolute atomic E-state index is 0.0347. The summed E-state index contributed by atoms with van der Waals surface area (Å²) in [7, 11) is -3.96. The highest BCUT2D eigenvalue weighted by Crippen LogP contribution is 2.33. The van der Waals surface area contributed by atoms with Gasteiger partial charge < -0.3 is 5.32 Å². The third-order valence-corrected chi connectivity index (χ3v) is 6.63. The number of halogens is 4. The molecule has 2 aromatic carbocycles. The fourth-order valence-electron chi connectivity index (χ4n) is 2.26. The number of benzene rings is 2. The van der Waals surface area contributed by atoms with E-state index < -0.39 is 15.6 Å². The minimum atomic E-state index is -3.96. The van der Waals surface area contributed by atoms with E-state index in [9.17, 15) is 13.2 Å². The van der Waals surface area contributed by atoms with Crippen LogP contribution in [0.1, 0.15) is 18.1 Å². The maximum absolute atomic E-state index is 13.2. The molecule has 0 aliphatic carbocycles. The predicted molar refractivity (Wildman–Crippen MR) is 126 cm³/mol. The average molecular weight is 527 g/mol. The molecular formula is C18H15Cl4N3O3S2. The maximum atomic E-state index is 13.2. The van der Waals surface area contributed by atoms with Crippen LogP contribution < -0.4 is 16.2 Å². The SMILES string of the molecule is CC(=O)NNC(=S)N/C=C(\c1ccc(Cl)cc1Cl)S(=O)(=O)Cc1ccc(Cl)cc1Cl. The quantitative estimate of drug-likeness (QED) is 0.385. The molecule has 0 aromatic heterocycles. The summed E-state index contributed by atoms with van der Waals surface area (Å²) in [4.78, 5) is 10.8. The Morgan fingerprint density at radius 3 is 2.17 bits per heavy atom. The molecule has 3 N–H and O–H groups in total. The molecule has 160 valence electrons. The van der Waals surface area contributed by atoms with Crippen molar-refractivity contribution in [2.75, 3.05) is 0 Å². The summed E-state index contributed by atoms with van der Waals surface area (Å²) in [5.41, 5.74) is 5.26. The summed E-state index contributed by atoms with van der Waals surface area (Å²) in [5.74, 6) is -0.796. The Morgan fingerprint density at radius 2 is 1.60 bits per heavy atom. The Balaban J connectivity index is 2.44. The van der Waals surface area contributed by atoms with E-state index in [-0.39, 0.29) is 31.5 Å². The molecule has 0 aliphatic heterocycles. The lowest BCUT2D eigenvalue weighted by Gasteiger charge is -2.14. The van der Waals surface area contributed by atoms with E-state index in [1.54, 1.807) is 6.07 Å². The molecule has 30 heavy (non-hydrogen) atoms. The standard InChI is InChI=1S/C18H15Cl4N3O3S2/c1-10(26)24-25-18(29)23-8-17(14-5-4-13(20)7-16(14)22)30(27,28)9-11-2-3-12(19)6-15(11)21/h2-8H,9H2,1H3,(H,24,26)(H2,23,25,29)/b17-8+. The Hall–Kier alpha value is -1.55. The lowest BCUT2D eigenvalue weighted by molar-refractivity contribution is -0.119. The summed E-state index contributed by atoms with van der Waals surface area (Å²) < 4.78 is 26.5. The van der Waals surface area contributed by atoms with E-state index in [4.69, 9.17) is 58.6 Å². The Kier molecular flexibility index (Phi) is 8.78. The number of carbonyl (C=O) groups excluding carboxylic acids is 1. The van der Waals surface area contributed by atoms with E-state index in [2.05, 4.69) is 16.2 Å². The van der Waals surface area contributed by atoms with Crippen LogP contribution in [0.4, 0.5) is 0 Å². The van der Waals surface area contributed by atoms with Gasteiger partial charge in [-0.25, -0.2) is 8.42 Å². The van der Waals surface area contributed by atoms with Crippen molar-refractivity contribution in [2.24, 2.45) is 0 Å². The first kappa shape index (κ1) is 24.7. The van der Waals surface area contributed by atoms with Gasteiger partial charge in [0.1, 0.15) is 0 Å². The molecule has 0 unspecified atom stereocenters. The third-order valence-electron chi connectivity index (χ3n) is 3.58. The first-order chi connectivity index (χ1) is 14.0. The van der Waals surface area contributed by atoms with Gasteiger partial charge in [0.2, 0.25) is 5.91 Å². The number of carbonyl (C=O) groups is 1. The molecule has 0 bridgehead atoms. The fraction of sp³-hybridized carbons (Fsp3) is 0.111. The fourth-order valence-corrected chi connectivity index (χ4v) is 5.06. The summed E-state index contributed by atoms with van der Waals surface area (Å²) in [6.45, 7) is 1.28. The monoisotopic (exact) mass is 525 g/mol. The molecule has 1 amide bonds. The summed E-state index contributed by atoms with van der Waals surface area (Å²) >= 11 is 29.2. The summed E-state index contributed by atoms with van der Waals surface area (Å²) in [6, 6.07) is 8.93. The van der Waals surface area contributed by atoms with Crippen LogP contribution >= 0.6 is 58.6 Å². The zero-order valence-corrected chi connectivity index (χ0v) is 20.0. The van der Waals surface area contributed by atoms with Crippen molar-refractivity contribution in [1.82, 2.24) is 16.2 Å². The number of hydrazine groups is 1. The molecule has 0 heterocycles. The van der Waals surface area contributed by atoms with E-state index in [1.165, 1.54) is 43.5 Å². The number of rotatable bonds is 5. The van der Waals surface area contributed by atoms with Crippen LogP contribution in [-0.2, 0) is 20.4 Å². The molecule has 0 radical (unpaired) electrons. The van der Waals surface area contributed by atoms with Crippen molar-refractivity contribution >= 4 is 84.4 Å². The van der Waals surface area contributed by atoms with Crippen LogP contribution in [0.15, 0.2) is 42.6 Å². The van der Waals surface area contributed by atoms with Crippen molar-refractivity contribution in [2.45, 2.75) is 12.7 Å². The van der Waals surface area contributed by atoms with Crippen molar-refractivity contribution in [3.63, 3.8) is 0 Å². The molecule has 6 nitrogen and oxygen atoms in total. The van der Waals surface area contributed by atoms with Gasteiger partial charge in [-0.3, -0.25) is 15.6 Å². The van der Waals surface area contributed by atoms with Crippen molar-refractivity contribution in [3.05, 3.63) is 73.8 Å². The molecule has 2 rings (SSSR count). The topological polar surface area (TPSA) is 87.3 Å². The van der Waals surface area contributed by atoms with Gasteiger partial charge in [-0.1, -0.05) is 58.5 Å². The normalized spacial score (nSPS) is 11.7. The van der Waals surface area contributed by atoms with Crippen molar-refractivity contribution in [3.8, 4) is 0 Å². The molecule has 0 saturated heterocycles. The Labute approximate surface area is 199 Å². The maximum Gasteiger partial charge on any atom is 0.235 e. The van der Waals surface area contributed by atoms with Crippen LogP contribution in [0.25, 0.3) is 4.91 Å². The van der Waals surface area contributed by atoms with Crippen LogP contribution in [0.2, 0.25) is 20.1 Å². The first-order valence-corrected chi connectivity index (χ1v) is 11.7. The van der Waals surface area contributed by atoms with Gasteiger partial charge in [0.15, 0.2) is 14.9 Å². The first-order valence-electron chi connectivity index (χ1n) is 8.15. The molecular weight excluding hydrogens is 512 g/mol. The average Bonchev–Trinajstić information content (AvgIpc) is 2.63. The van der Waals surface area contributed by atoms with E-state index in [0.717, 1.165) is 0 Å². The highest BCUT2D eigenvalue weighted by Gasteiger charge is 2.24. The second-order valence-corrected chi connectivity index (χ2v) is 9.96. The van der Waals surface area contributed by atoms with E-state index in [1.807, 2.05) is 0 Å². The van der Waals surface area contributed by atoms with Gasteiger partial charge in [0, 0.05) is 33.8 Å². The third kappa shape index (κ3) is 7.01. The van der Waals surface area contributed by atoms with Crippen LogP contribution in [0.3, 0.4) is 0 Å². The molecule has 0 spiro atoms. The highest BCUT2D eigenvalue weighted by atomic mass is 35.5. The number of hydrogen-bond donors (Lipinski definition) is 3. The van der Waals surface area contributed by atoms with Crippen LogP contribution in [-0.4, -0.2) is 19.4 Å². The Morgan fingerprint density at radius 1 is 1.00 bits per heavy atom. The van der Waals surface area contributed by atoms with Gasteiger partial charge in [-0.15, -0.1) is 0 Å². The number of nitrogens with one attached hydrogen (secondary N) is 3. The number of thiocarbonyl (C=S) groups is 1. The van der Waals surface area contributed by atoms with Gasteiger partial charge >= 0.3 is 0 Å². The van der Waals surface area contributed by atoms with E-state index in [0.29, 0.717) is 15.6 Å². The van der Waals surface area contributed by atoms with Crippen LogP contribution in [0.5, 0.6) is 0 Å². The lowest BCUT2D eigenvalue weighted by atomic mass is 10.2. The van der Waals surface area contributed by atoms with Crippen LogP contribution in [0, 0.1) is 0 Å². The predicted octanol–water partition coefficient (Wildman–Crippen LogP) is 4.73. The Bertz CT molecular complexity index is 1120. The highest BCUT2D eigenvalue weighted by molar-refractivity contribution is 7.99. The van der Waals surface area contributed by atoms with E-state index >= 15 is 0 Å². The minimum Gasteiger partial charge on any atom is -0.337 e. The zero-order chi connectivity index (χ0) is 22.5. The molecule has 0 atom stereocenters. The summed E-state index contributed by atoms with van der Waals surface area (Å²) in [6.07, 6.45) is 1.17. The van der Waals surface area contributed by atoms with Gasteiger partial charge in [-0.05, 0) is 42.0 Å². The molecule has 2 aromatic rings. The number of hydrogen-bond acceptors (Lipinski definition) is 4. The molecule has 0 aliphatic rings. The van der Waals surface area contributed by atoms with Crippen molar-refractivity contribution < 1.29 is 13.2 Å². The number of amides is 1. The molecule has 0 fully saturated rings. The molecule has 0 saturated carbocycles. The molecule has 12 heteroatoms. The summed E-state index contributed by atoms with van der Waals surface area (Å²) in [5, 5.41) is 3.64. The van der Waals surface area contributed by atoms with Gasteiger partial charge in [0.25, 0.3) is 0 Å². The second kappa shape index (κ2) is 10.7. The van der Waals surface area contributed by atoms with Crippen molar-refractivity contribution in [1.29, 1.82) is 0 Å². The largest absolute Gasteiger partial charge is 0.337 e. The lowest BCUT2D eigenvalue weighted by Crippen LogP contribution is -2.44. The number of sulfone groups is 1. The second-order valence-electron chi connectivity index (χ2n) is 5.91. The van der Waals surface area contributed by atoms with Gasteiger partial charge in [0.05, 0.1) is 15.7 Å².